The van der Waals surface area contributed by atoms with Gasteiger partial charge in [0.1, 0.15) is 11.5 Å². The lowest BCUT2D eigenvalue weighted by Crippen LogP contribution is -2.19. The molecule has 7 nitrogen and oxygen atoms in total. The van der Waals surface area contributed by atoms with Gasteiger partial charge < -0.3 is 14.9 Å². The average molecular weight is 328 g/mol. The zero-order chi connectivity index (χ0) is 17.4. The summed E-state index contributed by atoms with van der Waals surface area (Å²) in [6.45, 7) is -0.464. The summed E-state index contributed by atoms with van der Waals surface area (Å²) < 4.78 is 5.13. The highest BCUT2D eigenvalue weighted by molar-refractivity contribution is 5.85. The minimum absolute atomic E-state index is 0.0723. The van der Waals surface area contributed by atoms with Crippen molar-refractivity contribution in [2.45, 2.75) is 6.42 Å². The molecule has 0 fully saturated rings. The van der Waals surface area contributed by atoms with Crippen LogP contribution in [0, 0.1) is 0 Å². The highest BCUT2D eigenvalue weighted by Crippen LogP contribution is 2.15. The molecule has 0 radical (unpaired) electrons. The predicted molar refractivity (Wildman–Crippen MR) is 87.1 cm³/mol. The van der Waals surface area contributed by atoms with Gasteiger partial charge in [-0.1, -0.05) is 24.3 Å². The molecule has 0 heterocycles. The standard InChI is InChI=1S/C17H16N2O5/c20-14-6-3-4-12(8-14)9-16(21)19-18-10-13-5-1-2-7-15(13)24-11-17(22)23/h1-8,10,20H,9,11H2,(H,19,21)(H,22,23). The van der Waals surface area contributed by atoms with E-state index in [-0.39, 0.29) is 18.1 Å². The molecule has 0 bridgehead atoms. The van der Waals surface area contributed by atoms with E-state index in [1.165, 1.54) is 18.3 Å². The maximum Gasteiger partial charge on any atom is 0.341 e. The molecule has 2 aromatic rings. The zero-order valence-electron chi connectivity index (χ0n) is 12.7. The lowest BCUT2D eigenvalue weighted by atomic mass is 10.1. The van der Waals surface area contributed by atoms with Crippen LogP contribution in [0.25, 0.3) is 0 Å². The summed E-state index contributed by atoms with van der Waals surface area (Å²) in [7, 11) is 0. The summed E-state index contributed by atoms with van der Waals surface area (Å²) in [5.74, 6) is -0.985. The zero-order valence-corrected chi connectivity index (χ0v) is 12.7. The second-order valence-corrected chi connectivity index (χ2v) is 4.86. The number of hydrogen-bond donors (Lipinski definition) is 3. The Kier molecular flexibility index (Phi) is 5.90. The van der Waals surface area contributed by atoms with Crippen molar-refractivity contribution < 1.29 is 24.5 Å². The number of hydrazone groups is 1. The number of carbonyl (C=O) groups is 2. The Bertz CT molecular complexity index is 758. The molecular weight excluding hydrogens is 312 g/mol. The van der Waals surface area contributed by atoms with Gasteiger partial charge in [-0.3, -0.25) is 4.79 Å². The van der Waals surface area contributed by atoms with Crippen molar-refractivity contribution in [3.05, 3.63) is 59.7 Å². The van der Waals surface area contributed by atoms with Crippen LogP contribution in [0.15, 0.2) is 53.6 Å². The summed E-state index contributed by atoms with van der Waals surface area (Å²) >= 11 is 0. The normalized spacial score (nSPS) is 10.5. The molecule has 0 aromatic heterocycles. The number of aliphatic carboxylic acids is 1. The van der Waals surface area contributed by atoms with Gasteiger partial charge in [-0.25, -0.2) is 10.2 Å². The van der Waals surface area contributed by atoms with Crippen molar-refractivity contribution in [3.8, 4) is 11.5 Å². The van der Waals surface area contributed by atoms with E-state index >= 15 is 0 Å². The molecule has 0 saturated carbocycles. The fourth-order valence-electron chi connectivity index (χ4n) is 1.92. The monoisotopic (exact) mass is 328 g/mol. The van der Waals surface area contributed by atoms with E-state index in [0.29, 0.717) is 16.9 Å². The minimum Gasteiger partial charge on any atom is -0.508 e. The third-order valence-corrected chi connectivity index (χ3v) is 2.94. The Morgan fingerprint density at radius 2 is 1.96 bits per heavy atom. The predicted octanol–water partition coefficient (Wildman–Crippen LogP) is 1.55. The quantitative estimate of drug-likeness (QED) is 0.528. The van der Waals surface area contributed by atoms with Crippen molar-refractivity contribution in [1.29, 1.82) is 0 Å². The number of carboxylic acids is 1. The van der Waals surface area contributed by atoms with Crippen LogP contribution >= 0.6 is 0 Å². The molecule has 1 amide bonds. The number of amides is 1. The summed E-state index contributed by atoms with van der Waals surface area (Å²) in [5.41, 5.74) is 3.57. The van der Waals surface area contributed by atoms with Crippen molar-refractivity contribution in [2.24, 2.45) is 5.10 Å². The number of aromatic hydroxyl groups is 1. The van der Waals surface area contributed by atoms with E-state index in [9.17, 15) is 14.7 Å². The fourth-order valence-corrected chi connectivity index (χ4v) is 1.92. The fraction of sp³-hybridized carbons (Fsp3) is 0.118. The van der Waals surface area contributed by atoms with E-state index < -0.39 is 12.6 Å². The van der Waals surface area contributed by atoms with Gasteiger partial charge in [0.15, 0.2) is 6.61 Å². The molecule has 3 N–H and O–H groups in total. The second-order valence-electron chi connectivity index (χ2n) is 4.86. The molecule has 0 saturated heterocycles. The number of phenols is 1. The van der Waals surface area contributed by atoms with Gasteiger partial charge in [-0.05, 0) is 29.8 Å². The highest BCUT2D eigenvalue weighted by Gasteiger charge is 2.05. The smallest absolute Gasteiger partial charge is 0.341 e. The van der Waals surface area contributed by atoms with Gasteiger partial charge in [-0.15, -0.1) is 0 Å². The third kappa shape index (κ3) is 5.45. The summed E-state index contributed by atoms with van der Waals surface area (Å²) in [4.78, 5) is 22.3. The molecule has 7 heteroatoms. The maximum absolute atomic E-state index is 11.8. The molecule has 0 atom stereocenters. The molecule has 0 unspecified atom stereocenters. The number of phenolic OH excluding ortho intramolecular Hbond substituents is 1. The van der Waals surface area contributed by atoms with Crippen molar-refractivity contribution in [2.75, 3.05) is 6.61 Å². The van der Waals surface area contributed by atoms with E-state index in [2.05, 4.69) is 10.5 Å². The van der Waals surface area contributed by atoms with E-state index in [1.54, 1.807) is 36.4 Å². The van der Waals surface area contributed by atoms with Gasteiger partial charge in [0.05, 0.1) is 12.6 Å². The van der Waals surface area contributed by atoms with Crippen LogP contribution in [-0.4, -0.2) is 34.9 Å². The SMILES string of the molecule is O=C(O)COc1ccccc1C=NNC(=O)Cc1cccc(O)c1. The van der Waals surface area contributed by atoms with Crippen LogP contribution in [0.2, 0.25) is 0 Å². The van der Waals surface area contributed by atoms with Gasteiger partial charge in [0.2, 0.25) is 5.91 Å². The molecule has 2 aromatic carbocycles. The highest BCUT2D eigenvalue weighted by atomic mass is 16.5. The van der Waals surface area contributed by atoms with Crippen molar-refractivity contribution in [1.82, 2.24) is 5.43 Å². The molecule has 0 aliphatic carbocycles. The van der Waals surface area contributed by atoms with Crippen LogP contribution in [0.5, 0.6) is 11.5 Å². The third-order valence-electron chi connectivity index (χ3n) is 2.94. The first-order valence-electron chi connectivity index (χ1n) is 7.08. The number of para-hydroxylation sites is 1. The van der Waals surface area contributed by atoms with Gasteiger partial charge >= 0.3 is 5.97 Å². The first-order chi connectivity index (χ1) is 11.5. The number of benzene rings is 2. The lowest BCUT2D eigenvalue weighted by molar-refractivity contribution is -0.139. The molecule has 0 spiro atoms. The molecular formula is C17H16N2O5. The van der Waals surface area contributed by atoms with Gasteiger partial charge in [0.25, 0.3) is 0 Å². The average Bonchev–Trinajstić information content (AvgIpc) is 2.54. The number of nitrogens with zero attached hydrogens (tertiary/aromatic N) is 1. The Balaban J connectivity index is 1.93. The number of hydrogen-bond acceptors (Lipinski definition) is 5. The van der Waals surface area contributed by atoms with E-state index in [0.717, 1.165) is 0 Å². The molecule has 24 heavy (non-hydrogen) atoms. The largest absolute Gasteiger partial charge is 0.508 e. The summed E-state index contributed by atoms with van der Waals surface area (Å²) in [6.07, 6.45) is 1.44. The Morgan fingerprint density at radius 1 is 1.17 bits per heavy atom. The van der Waals surface area contributed by atoms with Crippen molar-refractivity contribution in [3.63, 3.8) is 0 Å². The maximum atomic E-state index is 11.8. The lowest BCUT2D eigenvalue weighted by Gasteiger charge is -2.06. The number of rotatable bonds is 7. The van der Waals surface area contributed by atoms with Gasteiger partial charge in [0, 0.05) is 5.56 Å². The van der Waals surface area contributed by atoms with E-state index in [1.807, 2.05) is 0 Å². The second kappa shape index (κ2) is 8.33. The topological polar surface area (TPSA) is 108 Å². The van der Waals surface area contributed by atoms with Crippen molar-refractivity contribution >= 4 is 18.1 Å². The Morgan fingerprint density at radius 3 is 2.71 bits per heavy atom. The van der Waals surface area contributed by atoms with E-state index in [4.69, 9.17) is 9.84 Å². The summed E-state index contributed by atoms with van der Waals surface area (Å²) in [6, 6.07) is 13.1. The first kappa shape index (κ1) is 17.0. The Labute approximate surface area is 138 Å². The van der Waals surface area contributed by atoms with Crippen LogP contribution in [0.3, 0.4) is 0 Å². The van der Waals surface area contributed by atoms with Crippen LogP contribution in [-0.2, 0) is 16.0 Å². The number of nitrogens with one attached hydrogen (secondary N) is 1. The van der Waals surface area contributed by atoms with Crippen LogP contribution in [0.1, 0.15) is 11.1 Å². The molecule has 0 aliphatic heterocycles. The minimum atomic E-state index is -1.08. The number of ether oxygens (including phenoxy) is 1. The van der Waals surface area contributed by atoms with Gasteiger partial charge in [-0.2, -0.15) is 5.10 Å². The number of carbonyl (C=O) groups excluding carboxylic acids is 1. The Hall–Kier alpha value is -3.35. The number of carboxylic acid groups (broad SMARTS) is 1. The molecule has 124 valence electrons. The summed E-state index contributed by atoms with van der Waals surface area (Å²) in [5, 5.41) is 21.8. The van der Waals surface area contributed by atoms with Crippen LogP contribution < -0.4 is 10.2 Å². The molecule has 0 aliphatic rings. The molecule has 2 rings (SSSR count). The first-order valence-corrected chi connectivity index (χ1v) is 7.08. The van der Waals surface area contributed by atoms with Crippen LogP contribution in [0.4, 0.5) is 0 Å².